The van der Waals surface area contributed by atoms with Crippen molar-refractivity contribution in [2.45, 2.75) is 6.54 Å². The van der Waals surface area contributed by atoms with E-state index in [4.69, 9.17) is 11.6 Å². The maximum atomic E-state index is 13.2. The topological polar surface area (TPSA) is 64.0 Å². The van der Waals surface area contributed by atoms with Crippen LogP contribution in [0.15, 0.2) is 65.5 Å². The third-order valence-corrected chi connectivity index (χ3v) is 3.74. The normalized spacial score (nSPS) is 10.5. The number of carbonyl (C=O) groups is 1. The molecule has 126 valence electrons. The van der Waals surface area contributed by atoms with Crippen LogP contribution in [0.1, 0.15) is 16.1 Å². The number of nitrogens with zero attached hydrogens (tertiary/aromatic N) is 2. The average molecular weight is 358 g/mol. The smallest absolute Gasteiger partial charge is 0.276 e. The van der Waals surface area contributed by atoms with Crippen LogP contribution in [-0.4, -0.2) is 15.7 Å². The number of halogens is 2. The van der Waals surface area contributed by atoms with Crippen molar-refractivity contribution in [3.8, 4) is 0 Å². The van der Waals surface area contributed by atoms with Gasteiger partial charge in [-0.15, -0.1) is 0 Å². The van der Waals surface area contributed by atoms with Gasteiger partial charge in [0.05, 0.1) is 11.6 Å². The Morgan fingerprint density at radius 2 is 1.88 bits per heavy atom. The Bertz CT molecular complexity index is 974. The minimum absolute atomic E-state index is 0.0657. The first kappa shape index (κ1) is 16.9. The van der Waals surface area contributed by atoms with Gasteiger partial charge < -0.3 is 5.32 Å². The van der Waals surface area contributed by atoms with Crippen molar-refractivity contribution in [3.05, 3.63) is 93.1 Å². The summed E-state index contributed by atoms with van der Waals surface area (Å²) >= 11 is 5.69. The lowest BCUT2D eigenvalue weighted by Crippen LogP contribution is -2.26. The Morgan fingerprint density at radius 1 is 1.12 bits per heavy atom. The molecule has 0 fully saturated rings. The minimum atomic E-state index is -0.575. The van der Waals surface area contributed by atoms with Gasteiger partial charge in [-0.05, 0) is 29.8 Å². The lowest BCUT2D eigenvalue weighted by atomic mass is 10.2. The van der Waals surface area contributed by atoms with Crippen LogP contribution < -0.4 is 10.9 Å². The average Bonchev–Trinajstić information content (AvgIpc) is 2.61. The molecule has 0 aliphatic carbocycles. The summed E-state index contributed by atoms with van der Waals surface area (Å²) in [6.07, 6.45) is 0. The zero-order chi connectivity index (χ0) is 17.8. The molecule has 0 atom stereocenters. The minimum Gasteiger partial charge on any atom is -0.321 e. The molecule has 0 saturated heterocycles. The number of amides is 1. The van der Waals surface area contributed by atoms with Gasteiger partial charge in [-0.25, -0.2) is 9.07 Å². The van der Waals surface area contributed by atoms with Gasteiger partial charge in [0, 0.05) is 11.8 Å². The van der Waals surface area contributed by atoms with Gasteiger partial charge in [-0.2, -0.15) is 5.10 Å². The molecular weight excluding hydrogens is 345 g/mol. The molecule has 7 heteroatoms. The van der Waals surface area contributed by atoms with Gasteiger partial charge in [0.1, 0.15) is 11.5 Å². The molecule has 0 spiro atoms. The number of benzene rings is 2. The van der Waals surface area contributed by atoms with Crippen LogP contribution in [0.3, 0.4) is 0 Å². The molecule has 1 N–H and O–H groups in total. The first-order valence-electron chi connectivity index (χ1n) is 7.41. The number of rotatable bonds is 4. The van der Waals surface area contributed by atoms with Crippen LogP contribution in [0.25, 0.3) is 0 Å². The van der Waals surface area contributed by atoms with Crippen LogP contribution in [0.4, 0.5) is 10.1 Å². The fraction of sp³-hybridized carbons (Fsp3) is 0.0556. The fourth-order valence-corrected chi connectivity index (χ4v) is 2.39. The lowest BCUT2D eigenvalue weighted by molar-refractivity contribution is 0.102. The summed E-state index contributed by atoms with van der Waals surface area (Å²) in [6.45, 7) is 0.253. The quantitative estimate of drug-likeness (QED) is 0.779. The van der Waals surface area contributed by atoms with Crippen molar-refractivity contribution in [2.75, 3.05) is 5.32 Å². The molecule has 3 aromatic rings. The number of hydrogen-bond acceptors (Lipinski definition) is 3. The van der Waals surface area contributed by atoms with E-state index in [0.717, 1.165) is 11.6 Å². The molecule has 0 aliphatic heterocycles. The Hall–Kier alpha value is -2.99. The first-order valence-corrected chi connectivity index (χ1v) is 7.79. The molecule has 1 aromatic heterocycles. The largest absolute Gasteiger partial charge is 0.321 e. The number of nitrogens with one attached hydrogen (secondary N) is 1. The zero-order valence-corrected chi connectivity index (χ0v) is 13.7. The van der Waals surface area contributed by atoms with Crippen molar-refractivity contribution in [2.24, 2.45) is 0 Å². The molecule has 0 aliphatic rings. The highest BCUT2D eigenvalue weighted by atomic mass is 35.5. The number of anilines is 1. The van der Waals surface area contributed by atoms with Crippen molar-refractivity contribution in [1.29, 1.82) is 0 Å². The van der Waals surface area contributed by atoms with Gasteiger partial charge in [-0.1, -0.05) is 41.9 Å². The van der Waals surface area contributed by atoms with Crippen molar-refractivity contribution >= 4 is 23.2 Å². The highest BCUT2D eigenvalue weighted by Crippen LogP contribution is 2.19. The highest BCUT2D eigenvalue weighted by Gasteiger charge is 2.11. The lowest BCUT2D eigenvalue weighted by Gasteiger charge is -2.08. The van der Waals surface area contributed by atoms with Crippen LogP contribution in [0, 0.1) is 5.82 Å². The van der Waals surface area contributed by atoms with E-state index < -0.39 is 11.7 Å². The Morgan fingerprint density at radius 3 is 2.60 bits per heavy atom. The molecule has 0 bridgehead atoms. The van der Waals surface area contributed by atoms with Gasteiger partial charge >= 0.3 is 0 Å². The summed E-state index contributed by atoms with van der Waals surface area (Å²) in [7, 11) is 0. The second-order valence-corrected chi connectivity index (χ2v) is 5.69. The highest BCUT2D eigenvalue weighted by molar-refractivity contribution is 6.31. The standard InChI is InChI=1S/C18H13ClFN3O2/c19-14-10-13(6-7-15(14)20)21-18(25)16-8-9-17(24)23(22-16)11-12-4-2-1-3-5-12/h1-10H,11H2,(H,21,25). The van der Waals surface area contributed by atoms with E-state index in [-0.39, 0.29) is 22.8 Å². The maximum Gasteiger partial charge on any atom is 0.276 e. The van der Waals surface area contributed by atoms with Gasteiger partial charge in [0.15, 0.2) is 0 Å². The first-order chi connectivity index (χ1) is 12.0. The number of carbonyl (C=O) groups excluding carboxylic acids is 1. The predicted molar refractivity (Wildman–Crippen MR) is 93.4 cm³/mol. The van der Waals surface area contributed by atoms with E-state index in [1.54, 1.807) is 0 Å². The second kappa shape index (κ2) is 7.27. The maximum absolute atomic E-state index is 13.2. The third kappa shape index (κ3) is 4.10. The molecule has 0 unspecified atom stereocenters. The molecule has 0 radical (unpaired) electrons. The molecule has 3 rings (SSSR count). The van der Waals surface area contributed by atoms with Crippen LogP contribution in [-0.2, 0) is 6.54 Å². The Balaban J connectivity index is 1.82. The SMILES string of the molecule is O=C(Nc1ccc(F)c(Cl)c1)c1ccc(=O)n(Cc2ccccc2)n1. The van der Waals surface area contributed by atoms with E-state index in [2.05, 4.69) is 10.4 Å². The van der Waals surface area contributed by atoms with E-state index in [0.29, 0.717) is 5.69 Å². The van der Waals surface area contributed by atoms with Crippen molar-refractivity contribution in [1.82, 2.24) is 9.78 Å². The fourth-order valence-electron chi connectivity index (χ4n) is 2.21. The summed E-state index contributed by atoms with van der Waals surface area (Å²) in [5, 5.41) is 6.56. The van der Waals surface area contributed by atoms with Crippen molar-refractivity contribution in [3.63, 3.8) is 0 Å². The molecule has 1 heterocycles. The van der Waals surface area contributed by atoms with Gasteiger partial charge in [0.25, 0.3) is 11.5 Å². The van der Waals surface area contributed by atoms with Gasteiger partial charge in [0.2, 0.25) is 0 Å². The summed E-state index contributed by atoms with van der Waals surface area (Å²) in [5.74, 6) is -1.10. The summed E-state index contributed by atoms with van der Waals surface area (Å²) in [6, 6.07) is 15.8. The van der Waals surface area contributed by atoms with Crippen LogP contribution in [0.2, 0.25) is 5.02 Å². The zero-order valence-electron chi connectivity index (χ0n) is 12.9. The van der Waals surface area contributed by atoms with E-state index >= 15 is 0 Å². The summed E-state index contributed by atoms with van der Waals surface area (Å²) < 4.78 is 14.4. The number of aromatic nitrogens is 2. The molecule has 25 heavy (non-hydrogen) atoms. The molecule has 2 aromatic carbocycles. The van der Waals surface area contributed by atoms with E-state index in [9.17, 15) is 14.0 Å². The van der Waals surface area contributed by atoms with Crippen LogP contribution in [0.5, 0.6) is 0 Å². The third-order valence-electron chi connectivity index (χ3n) is 3.45. The van der Waals surface area contributed by atoms with E-state index in [1.165, 1.54) is 28.9 Å². The van der Waals surface area contributed by atoms with Crippen molar-refractivity contribution < 1.29 is 9.18 Å². The molecule has 1 amide bonds. The van der Waals surface area contributed by atoms with E-state index in [1.807, 2.05) is 30.3 Å². The monoisotopic (exact) mass is 357 g/mol. The number of hydrogen-bond donors (Lipinski definition) is 1. The molecule has 0 saturated carbocycles. The predicted octanol–water partition coefficient (Wildman–Crippen LogP) is 3.34. The molecule has 5 nitrogen and oxygen atoms in total. The Kier molecular flexibility index (Phi) is 4.90. The van der Waals surface area contributed by atoms with Crippen LogP contribution >= 0.6 is 11.6 Å². The summed E-state index contributed by atoms with van der Waals surface area (Å²) in [5.41, 5.74) is 0.972. The Labute approximate surface area is 147 Å². The second-order valence-electron chi connectivity index (χ2n) is 5.28. The molecular formula is C18H13ClFN3O2. The summed E-state index contributed by atoms with van der Waals surface area (Å²) in [4.78, 5) is 24.2. The van der Waals surface area contributed by atoms with Gasteiger partial charge in [-0.3, -0.25) is 9.59 Å².